The van der Waals surface area contributed by atoms with Crippen molar-refractivity contribution in [2.45, 2.75) is 13.5 Å². The van der Waals surface area contributed by atoms with Crippen LogP contribution in [-0.4, -0.2) is 17.7 Å². The van der Waals surface area contributed by atoms with E-state index in [9.17, 15) is 4.79 Å². The normalized spacial score (nSPS) is 9.42. The van der Waals surface area contributed by atoms with Crippen molar-refractivity contribution in [2.24, 2.45) is 0 Å². The van der Waals surface area contributed by atoms with Crippen LogP contribution in [0.15, 0.2) is 11.6 Å². The van der Waals surface area contributed by atoms with E-state index in [0.29, 0.717) is 13.2 Å². The van der Waals surface area contributed by atoms with Gasteiger partial charge in [-0.15, -0.1) is 11.3 Å². The maximum atomic E-state index is 10.8. The molecule has 0 saturated heterocycles. The lowest BCUT2D eigenvalue weighted by atomic mass is 10.7. The van der Waals surface area contributed by atoms with Crippen LogP contribution < -0.4 is 5.32 Å². The van der Waals surface area contributed by atoms with Gasteiger partial charge in [-0.05, 0) is 6.92 Å². The summed E-state index contributed by atoms with van der Waals surface area (Å²) in [6.07, 6.45) is 1.31. The molecule has 0 aliphatic carbocycles. The summed E-state index contributed by atoms with van der Waals surface area (Å²) in [5.41, 5.74) is 0. The minimum Gasteiger partial charge on any atom is -0.450 e. The lowest BCUT2D eigenvalue weighted by Gasteiger charge is -2.01. The summed E-state index contributed by atoms with van der Waals surface area (Å²) in [6.45, 7) is 2.60. The standard InChI is InChI=1S/C7H10N2O2S/c1-2-11-7(10)9-5-6-8-3-4-12-6/h3-4H,2,5H2,1H3,(H,9,10). The SMILES string of the molecule is CCOC(=O)NCc1nccs1. The van der Waals surface area contributed by atoms with Gasteiger partial charge in [-0.3, -0.25) is 0 Å². The number of rotatable bonds is 3. The Hall–Kier alpha value is -1.10. The monoisotopic (exact) mass is 186 g/mol. The average Bonchev–Trinajstić information content (AvgIpc) is 2.53. The van der Waals surface area contributed by atoms with Gasteiger partial charge in [0.2, 0.25) is 0 Å². The Balaban J connectivity index is 2.22. The predicted octanol–water partition coefficient (Wildman–Crippen LogP) is 1.39. The van der Waals surface area contributed by atoms with Gasteiger partial charge in [0.1, 0.15) is 5.01 Å². The van der Waals surface area contributed by atoms with E-state index in [1.54, 1.807) is 13.1 Å². The molecular weight excluding hydrogens is 176 g/mol. The lowest BCUT2D eigenvalue weighted by Crippen LogP contribution is -2.23. The van der Waals surface area contributed by atoms with E-state index in [1.807, 2.05) is 5.38 Å². The van der Waals surface area contributed by atoms with Crippen LogP contribution in [0, 0.1) is 0 Å². The third-order valence-corrected chi connectivity index (χ3v) is 1.92. The Morgan fingerprint density at radius 2 is 2.67 bits per heavy atom. The summed E-state index contributed by atoms with van der Waals surface area (Å²) in [4.78, 5) is 14.8. The number of alkyl carbamates (subject to hydrolysis) is 1. The first kappa shape index (κ1) is 8.99. The summed E-state index contributed by atoms with van der Waals surface area (Å²) in [5.74, 6) is 0. The van der Waals surface area contributed by atoms with Crippen molar-refractivity contribution in [1.82, 2.24) is 10.3 Å². The highest BCUT2D eigenvalue weighted by atomic mass is 32.1. The molecule has 1 amide bonds. The third-order valence-electron chi connectivity index (χ3n) is 1.14. The van der Waals surface area contributed by atoms with Crippen molar-refractivity contribution in [3.05, 3.63) is 16.6 Å². The fourth-order valence-corrected chi connectivity index (χ4v) is 1.23. The van der Waals surface area contributed by atoms with Crippen LogP contribution in [0.5, 0.6) is 0 Å². The molecule has 0 saturated carbocycles. The molecule has 66 valence electrons. The smallest absolute Gasteiger partial charge is 0.407 e. The third kappa shape index (κ3) is 2.87. The lowest BCUT2D eigenvalue weighted by molar-refractivity contribution is 0.151. The van der Waals surface area contributed by atoms with Crippen LogP contribution in [0.2, 0.25) is 0 Å². The van der Waals surface area contributed by atoms with Gasteiger partial charge in [0, 0.05) is 11.6 Å². The van der Waals surface area contributed by atoms with Crippen molar-refractivity contribution in [3.8, 4) is 0 Å². The summed E-state index contributed by atoms with van der Waals surface area (Å²) in [5, 5.41) is 5.31. The summed E-state index contributed by atoms with van der Waals surface area (Å²) in [7, 11) is 0. The van der Waals surface area contributed by atoms with E-state index in [4.69, 9.17) is 0 Å². The summed E-state index contributed by atoms with van der Waals surface area (Å²) < 4.78 is 4.67. The molecular formula is C7H10N2O2S. The van der Waals surface area contributed by atoms with Gasteiger partial charge < -0.3 is 10.1 Å². The largest absolute Gasteiger partial charge is 0.450 e. The molecule has 0 fully saturated rings. The first-order valence-corrected chi connectivity index (χ1v) is 4.50. The fourth-order valence-electron chi connectivity index (χ4n) is 0.670. The van der Waals surface area contributed by atoms with Gasteiger partial charge >= 0.3 is 6.09 Å². The molecule has 0 bridgehead atoms. The molecule has 0 unspecified atom stereocenters. The predicted molar refractivity (Wildman–Crippen MR) is 46.0 cm³/mol. The zero-order valence-corrected chi connectivity index (χ0v) is 7.56. The van der Waals surface area contributed by atoms with Crippen LogP contribution >= 0.6 is 11.3 Å². The molecule has 1 rings (SSSR count). The summed E-state index contributed by atoms with van der Waals surface area (Å²) >= 11 is 1.50. The molecule has 4 nitrogen and oxygen atoms in total. The molecule has 0 aromatic carbocycles. The molecule has 5 heteroatoms. The molecule has 0 aliphatic heterocycles. The van der Waals surface area contributed by atoms with E-state index in [2.05, 4.69) is 15.0 Å². The minimum atomic E-state index is -0.396. The second kappa shape index (κ2) is 4.71. The van der Waals surface area contributed by atoms with Crippen LogP contribution in [0.1, 0.15) is 11.9 Å². The number of thiazole rings is 1. The number of carbonyl (C=O) groups is 1. The van der Waals surface area contributed by atoms with E-state index in [0.717, 1.165) is 5.01 Å². The Labute approximate surface area is 74.6 Å². The van der Waals surface area contributed by atoms with Crippen LogP contribution in [0.3, 0.4) is 0 Å². The van der Waals surface area contributed by atoms with Crippen molar-refractivity contribution >= 4 is 17.4 Å². The van der Waals surface area contributed by atoms with E-state index in [-0.39, 0.29) is 0 Å². The molecule has 0 aliphatic rings. The van der Waals surface area contributed by atoms with Gasteiger partial charge in [0.25, 0.3) is 0 Å². The van der Waals surface area contributed by atoms with Crippen molar-refractivity contribution in [2.75, 3.05) is 6.61 Å². The number of nitrogens with zero attached hydrogens (tertiary/aromatic N) is 1. The highest BCUT2D eigenvalue weighted by Crippen LogP contribution is 2.02. The Morgan fingerprint density at radius 1 is 1.83 bits per heavy atom. The second-order valence-electron chi connectivity index (χ2n) is 2.00. The average molecular weight is 186 g/mol. The number of nitrogens with one attached hydrogen (secondary N) is 1. The molecule has 0 atom stereocenters. The Bertz CT molecular complexity index is 236. The van der Waals surface area contributed by atoms with Crippen molar-refractivity contribution < 1.29 is 9.53 Å². The zero-order valence-electron chi connectivity index (χ0n) is 6.74. The fraction of sp³-hybridized carbons (Fsp3) is 0.429. The highest BCUT2D eigenvalue weighted by molar-refractivity contribution is 7.09. The molecule has 0 spiro atoms. The van der Waals surface area contributed by atoms with Crippen LogP contribution in [0.25, 0.3) is 0 Å². The van der Waals surface area contributed by atoms with E-state index < -0.39 is 6.09 Å². The van der Waals surface area contributed by atoms with Crippen LogP contribution in [0.4, 0.5) is 4.79 Å². The highest BCUT2D eigenvalue weighted by Gasteiger charge is 2.00. The second-order valence-corrected chi connectivity index (χ2v) is 2.98. The number of carbonyl (C=O) groups excluding carboxylic acids is 1. The molecule has 1 aromatic rings. The van der Waals surface area contributed by atoms with Gasteiger partial charge in [0.05, 0.1) is 13.2 Å². The molecule has 1 heterocycles. The maximum absolute atomic E-state index is 10.8. The molecule has 1 N–H and O–H groups in total. The van der Waals surface area contributed by atoms with E-state index in [1.165, 1.54) is 11.3 Å². The van der Waals surface area contributed by atoms with Gasteiger partial charge in [0.15, 0.2) is 0 Å². The maximum Gasteiger partial charge on any atom is 0.407 e. The quantitative estimate of drug-likeness (QED) is 0.776. The summed E-state index contributed by atoms with van der Waals surface area (Å²) in [6, 6.07) is 0. The molecule has 12 heavy (non-hydrogen) atoms. The minimum absolute atomic E-state index is 0.393. The van der Waals surface area contributed by atoms with Crippen molar-refractivity contribution in [3.63, 3.8) is 0 Å². The zero-order chi connectivity index (χ0) is 8.81. The van der Waals surface area contributed by atoms with Gasteiger partial charge in [-0.1, -0.05) is 0 Å². The Morgan fingerprint density at radius 3 is 3.25 bits per heavy atom. The number of hydrogen-bond donors (Lipinski definition) is 1. The first-order valence-electron chi connectivity index (χ1n) is 3.62. The number of aromatic nitrogens is 1. The number of hydrogen-bond acceptors (Lipinski definition) is 4. The molecule has 0 radical (unpaired) electrons. The topological polar surface area (TPSA) is 51.2 Å². The van der Waals surface area contributed by atoms with E-state index >= 15 is 0 Å². The van der Waals surface area contributed by atoms with Gasteiger partial charge in [-0.25, -0.2) is 9.78 Å². The molecule has 1 aromatic heterocycles. The van der Waals surface area contributed by atoms with Crippen molar-refractivity contribution in [1.29, 1.82) is 0 Å². The number of ether oxygens (including phenoxy) is 1. The first-order chi connectivity index (χ1) is 5.83. The van der Waals surface area contributed by atoms with Gasteiger partial charge in [-0.2, -0.15) is 0 Å². The Kier molecular flexibility index (Phi) is 3.53. The van der Waals surface area contributed by atoms with Crippen LogP contribution in [-0.2, 0) is 11.3 Å². The number of amides is 1.